The molecule has 1 aliphatic rings. The fraction of sp³-hybridized carbons (Fsp3) is 0.818. The number of carbonyl (C=O) groups is 2. The summed E-state index contributed by atoms with van der Waals surface area (Å²) in [6.07, 6.45) is 1.90. The van der Waals surface area contributed by atoms with Crippen LogP contribution in [0.4, 0.5) is 0 Å². The molecule has 0 radical (unpaired) electrons. The van der Waals surface area contributed by atoms with E-state index in [1.165, 1.54) is 0 Å². The first-order valence-electron chi connectivity index (χ1n) is 5.44. The van der Waals surface area contributed by atoms with Crippen molar-refractivity contribution in [3.63, 3.8) is 0 Å². The standard InChI is InChI=1S/C11H19NO4/c1-10(2,3)16-9(14)11(5-4-6-11)15-8(13)7-12/h4-7,12H2,1-3H3. The van der Waals surface area contributed by atoms with Crippen LogP contribution in [0.2, 0.25) is 0 Å². The highest BCUT2D eigenvalue weighted by Gasteiger charge is 2.50. The monoisotopic (exact) mass is 229 g/mol. The largest absolute Gasteiger partial charge is 0.457 e. The first-order valence-corrected chi connectivity index (χ1v) is 5.44. The maximum absolute atomic E-state index is 11.9. The van der Waals surface area contributed by atoms with E-state index in [0.29, 0.717) is 12.8 Å². The maximum Gasteiger partial charge on any atom is 0.351 e. The van der Waals surface area contributed by atoms with Gasteiger partial charge in [0.25, 0.3) is 0 Å². The molecular formula is C11H19NO4. The third-order valence-corrected chi connectivity index (χ3v) is 2.41. The van der Waals surface area contributed by atoms with Crippen LogP contribution in [0.5, 0.6) is 0 Å². The highest BCUT2D eigenvalue weighted by Crippen LogP contribution is 2.37. The first-order chi connectivity index (χ1) is 7.29. The quantitative estimate of drug-likeness (QED) is 0.722. The van der Waals surface area contributed by atoms with Crippen molar-refractivity contribution in [1.82, 2.24) is 0 Å². The molecule has 2 N–H and O–H groups in total. The molecule has 0 aromatic heterocycles. The minimum atomic E-state index is -1.08. The summed E-state index contributed by atoms with van der Waals surface area (Å²) in [7, 11) is 0. The summed E-state index contributed by atoms with van der Waals surface area (Å²) in [6, 6.07) is 0. The van der Waals surface area contributed by atoms with Crippen LogP contribution in [0.3, 0.4) is 0 Å². The van der Waals surface area contributed by atoms with Crippen molar-refractivity contribution in [2.24, 2.45) is 5.73 Å². The van der Waals surface area contributed by atoms with E-state index in [0.717, 1.165) is 6.42 Å². The van der Waals surface area contributed by atoms with Crippen LogP contribution >= 0.6 is 0 Å². The van der Waals surface area contributed by atoms with Crippen molar-refractivity contribution in [3.8, 4) is 0 Å². The van der Waals surface area contributed by atoms with Gasteiger partial charge in [-0.1, -0.05) is 0 Å². The van der Waals surface area contributed by atoms with Crippen molar-refractivity contribution < 1.29 is 19.1 Å². The van der Waals surface area contributed by atoms with Crippen LogP contribution in [0.25, 0.3) is 0 Å². The second kappa shape index (κ2) is 4.41. The minimum absolute atomic E-state index is 0.218. The summed E-state index contributed by atoms with van der Waals surface area (Å²) >= 11 is 0. The Morgan fingerprint density at radius 1 is 1.31 bits per heavy atom. The molecule has 5 nitrogen and oxygen atoms in total. The van der Waals surface area contributed by atoms with Crippen LogP contribution in [0.1, 0.15) is 40.0 Å². The summed E-state index contributed by atoms with van der Waals surface area (Å²) in [4.78, 5) is 23.0. The Bertz CT molecular complexity index is 289. The normalized spacial score (nSPS) is 18.5. The SMILES string of the molecule is CC(C)(C)OC(=O)C1(OC(=O)CN)CCC1. The Morgan fingerprint density at radius 2 is 1.88 bits per heavy atom. The van der Waals surface area contributed by atoms with Crippen molar-refractivity contribution in [3.05, 3.63) is 0 Å². The number of hydrogen-bond donors (Lipinski definition) is 1. The van der Waals surface area contributed by atoms with Gasteiger partial charge in [-0.15, -0.1) is 0 Å². The summed E-state index contributed by atoms with van der Waals surface area (Å²) < 4.78 is 10.3. The molecule has 92 valence electrons. The van der Waals surface area contributed by atoms with Gasteiger partial charge in [-0.05, 0) is 40.0 Å². The Hall–Kier alpha value is -1.10. The van der Waals surface area contributed by atoms with Crippen LogP contribution in [-0.4, -0.2) is 29.7 Å². The Balaban J connectivity index is 2.66. The van der Waals surface area contributed by atoms with Gasteiger partial charge in [0.05, 0.1) is 6.54 Å². The van der Waals surface area contributed by atoms with E-state index in [4.69, 9.17) is 15.2 Å². The molecule has 0 saturated heterocycles. The van der Waals surface area contributed by atoms with E-state index in [2.05, 4.69) is 0 Å². The summed E-state index contributed by atoms with van der Waals surface area (Å²) in [5, 5.41) is 0. The summed E-state index contributed by atoms with van der Waals surface area (Å²) in [5.74, 6) is -1.03. The summed E-state index contributed by atoms with van der Waals surface area (Å²) in [5.41, 5.74) is 3.50. The Kier molecular flexibility index (Phi) is 3.57. The zero-order valence-electron chi connectivity index (χ0n) is 10.0. The van der Waals surface area contributed by atoms with E-state index in [1.54, 1.807) is 20.8 Å². The van der Waals surface area contributed by atoms with Crippen molar-refractivity contribution in [2.75, 3.05) is 6.54 Å². The minimum Gasteiger partial charge on any atom is -0.457 e. The number of nitrogens with two attached hydrogens (primary N) is 1. The number of carbonyl (C=O) groups excluding carboxylic acids is 2. The molecule has 1 fully saturated rings. The molecular weight excluding hydrogens is 210 g/mol. The third-order valence-electron chi connectivity index (χ3n) is 2.41. The Labute approximate surface area is 95.3 Å². The van der Waals surface area contributed by atoms with Crippen molar-refractivity contribution in [2.45, 2.75) is 51.2 Å². The number of esters is 2. The molecule has 5 heteroatoms. The number of rotatable bonds is 3. The van der Waals surface area contributed by atoms with E-state index >= 15 is 0 Å². The molecule has 0 bridgehead atoms. The van der Waals surface area contributed by atoms with Gasteiger partial charge in [0, 0.05) is 0 Å². The van der Waals surface area contributed by atoms with Gasteiger partial charge in [-0.3, -0.25) is 4.79 Å². The molecule has 0 spiro atoms. The topological polar surface area (TPSA) is 78.6 Å². The lowest BCUT2D eigenvalue weighted by atomic mass is 9.80. The molecule has 0 aliphatic heterocycles. The fourth-order valence-electron chi connectivity index (χ4n) is 1.48. The zero-order valence-corrected chi connectivity index (χ0v) is 10.0. The first kappa shape index (κ1) is 13.0. The molecule has 0 aromatic carbocycles. The van der Waals surface area contributed by atoms with Gasteiger partial charge in [-0.25, -0.2) is 4.79 Å². The Morgan fingerprint density at radius 3 is 2.19 bits per heavy atom. The van der Waals surface area contributed by atoms with Crippen molar-refractivity contribution >= 4 is 11.9 Å². The predicted octanol–water partition coefficient (Wildman–Crippen LogP) is 0.753. The highest BCUT2D eigenvalue weighted by molar-refractivity contribution is 5.85. The number of ether oxygens (including phenoxy) is 2. The number of hydrogen-bond acceptors (Lipinski definition) is 5. The van der Waals surface area contributed by atoms with Gasteiger partial charge in [0.15, 0.2) is 0 Å². The average Bonchev–Trinajstić information content (AvgIpc) is 2.07. The van der Waals surface area contributed by atoms with Crippen LogP contribution in [-0.2, 0) is 19.1 Å². The van der Waals surface area contributed by atoms with Crippen LogP contribution < -0.4 is 5.73 Å². The van der Waals surface area contributed by atoms with E-state index < -0.39 is 23.1 Å². The molecule has 0 atom stereocenters. The van der Waals surface area contributed by atoms with Gasteiger partial charge in [0.1, 0.15) is 5.60 Å². The lowest BCUT2D eigenvalue weighted by Gasteiger charge is -2.39. The van der Waals surface area contributed by atoms with Gasteiger partial charge in [0.2, 0.25) is 5.60 Å². The second-order valence-electron chi connectivity index (χ2n) is 5.03. The molecule has 0 aromatic rings. The van der Waals surface area contributed by atoms with Crippen molar-refractivity contribution in [1.29, 1.82) is 0 Å². The van der Waals surface area contributed by atoms with Gasteiger partial charge < -0.3 is 15.2 Å². The zero-order chi connectivity index (χ0) is 12.4. The molecule has 1 saturated carbocycles. The highest BCUT2D eigenvalue weighted by atomic mass is 16.6. The molecule has 0 amide bonds. The molecule has 0 unspecified atom stereocenters. The lowest BCUT2D eigenvalue weighted by Crippen LogP contribution is -2.52. The van der Waals surface area contributed by atoms with E-state index in [9.17, 15) is 9.59 Å². The molecule has 1 aliphatic carbocycles. The van der Waals surface area contributed by atoms with E-state index in [-0.39, 0.29) is 6.54 Å². The molecule has 16 heavy (non-hydrogen) atoms. The predicted molar refractivity (Wildman–Crippen MR) is 57.6 cm³/mol. The average molecular weight is 229 g/mol. The van der Waals surface area contributed by atoms with Crippen LogP contribution in [0.15, 0.2) is 0 Å². The third kappa shape index (κ3) is 2.95. The van der Waals surface area contributed by atoms with Gasteiger partial charge in [-0.2, -0.15) is 0 Å². The fourth-order valence-corrected chi connectivity index (χ4v) is 1.48. The second-order valence-corrected chi connectivity index (χ2v) is 5.03. The molecule has 0 heterocycles. The summed E-state index contributed by atoms with van der Waals surface area (Å²) in [6.45, 7) is 5.12. The smallest absolute Gasteiger partial charge is 0.351 e. The van der Waals surface area contributed by atoms with E-state index in [1.807, 2.05) is 0 Å². The lowest BCUT2D eigenvalue weighted by molar-refractivity contribution is -0.200. The molecule has 1 rings (SSSR count). The van der Waals surface area contributed by atoms with Crippen LogP contribution in [0, 0.1) is 0 Å². The maximum atomic E-state index is 11.9. The van der Waals surface area contributed by atoms with Gasteiger partial charge >= 0.3 is 11.9 Å².